The number of nitrogens with zero attached hydrogens (tertiary/aromatic N) is 1. The average molecular weight is 278 g/mol. The predicted octanol–water partition coefficient (Wildman–Crippen LogP) is 3.60. The highest BCUT2D eigenvalue weighted by atomic mass is 16.6. The molecule has 1 aromatic carbocycles. The first-order valence-corrected chi connectivity index (χ1v) is 7.10. The Morgan fingerprint density at radius 1 is 1.25 bits per heavy atom. The molecule has 1 rings (SSSR count). The van der Waals surface area contributed by atoms with Crippen molar-refractivity contribution >= 4 is 11.6 Å². The Morgan fingerprint density at radius 2 is 1.95 bits per heavy atom. The largest absolute Gasteiger partial charge is 0.352 e. The number of para-hydroxylation sites is 1. The molecule has 1 aromatic rings. The van der Waals surface area contributed by atoms with Gasteiger partial charge in [-0.2, -0.15) is 0 Å². The maximum absolute atomic E-state index is 12.0. The number of nitro groups is 1. The van der Waals surface area contributed by atoms with Gasteiger partial charge in [-0.15, -0.1) is 0 Å². The lowest BCUT2D eigenvalue weighted by molar-refractivity contribution is -0.385. The van der Waals surface area contributed by atoms with Crippen LogP contribution in [0.15, 0.2) is 18.2 Å². The van der Waals surface area contributed by atoms with Gasteiger partial charge in [-0.25, -0.2) is 0 Å². The van der Waals surface area contributed by atoms with Gasteiger partial charge < -0.3 is 5.32 Å². The van der Waals surface area contributed by atoms with Crippen LogP contribution in [-0.4, -0.2) is 17.4 Å². The molecule has 0 saturated heterocycles. The predicted molar refractivity (Wildman–Crippen MR) is 78.9 cm³/mol. The highest BCUT2D eigenvalue weighted by Gasteiger charge is 2.21. The van der Waals surface area contributed by atoms with Gasteiger partial charge >= 0.3 is 0 Å². The van der Waals surface area contributed by atoms with Crippen molar-refractivity contribution < 1.29 is 9.72 Å². The van der Waals surface area contributed by atoms with E-state index in [0.29, 0.717) is 12.1 Å². The Balaban J connectivity index is 2.56. The molecule has 1 amide bonds. The fourth-order valence-electron chi connectivity index (χ4n) is 2.11. The molecule has 0 saturated carbocycles. The molecule has 0 aromatic heterocycles. The zero-order valence-corrected chi connectivity index (χ0v) is 12.1. The van der Waals surface area contributed by atoms with E-state index >= 15 is 0 Å². The van der Waals surface area contributed by atoms with Crippen LogP contribution in [0.5, 0.6) is 0 Å². The molecule has 0 aliphatic carbocycles. The molecule has 0 unspecified atom stereocenters. The zero-order chi connectivity index (χ0) is 15.0. The molecule has 0 radical (unpaired) electrons. The SMILES string of the molecule is CCCCCCCNC(=O)c1cccc(C)c1[N+](=O)[O-]. The van der Waals surface area contributed by atoms with Crippen LogP contribution in [-0.2, 0) is 0 Å². The van der Waals surface area contributed by atoms with Gasteiger partial charge in [0.05, 0.1) is 4.92 Å². The van der Waals surface area contributed by atoms with Gasteiger partial charge in [-0.3, -0.25) is 14.9 Å². The standard InChI is InChI=1S/C15H22N2O3/c1-3-4-5-6-7-11-16-15(18)13-10-8-9-12(2)14(13)17(19)20/h8-10H,3-7,11H2,1-2H3,(H,16,18). The highest BCUT2D eigenvalue weighted by Crippen LogP contribution is 2.22. The van der Waals surface area contributed by atoms with Crippen LogP contribution in [0.1, 0.15) is 54.9 Å². The molecule has 0 heterocycles. The Labute approximate surface area is 119 Å². The Bertz CT molecular complexity index is 472. The molecule has 0 fully saturated rings. The van der Waals surface area contributed by atoms with Crippen molar-refractivity contribution in [2.45, 2.75) is 46.0 Å². The molecule has 20 heavy (non-hydrogen) atoms. The summed E-state index contributed by atoms with van der Waals surface area (Å²) < 4.78 is 0. The molecule has 110 valence electrons. The van der Waals surface area contributed by atoms with Crippen molar-refractivity contribution in [1.29, 1.82) is 0 Å². The summed E-state index contributed by atoms with van der Waals surface area (Å²) in [6.07, 6.45) is 5.53. The van der Waals surface area contributed by atoms with Crippen LogP contribution in [0.3, 0.4) is 0 Å². The third-order valence-corrected chi connectivity index (χ3v) is 3.23. The lowest BCUT2D eigenvalue weighted by Crippen LogP contribution is -2.25. The summed E-state index contributed by atoms with van der Waals surface area (Å²) in [5.74, 6) is -0.365. The van der Waals surface area contributed by atoms with Crippen LogP contribution in [0.25, 0.3) is 0 Å². The lowest BCUT2D eigenvalue weighted by Gasteiger charge is -2.07. The van der Waals surface area contributed by atoms with E-state index in [4.69, 9.17) is 0 Å². The maximum Gasteiger partial charge on any atom is 0.285 e. The quantitative estimate of drug-likeness (QED) is 0.448. The summed E-state index contributed by atoms with van der Waals surface area (Å²) in [7, 11) is 0. The van der Waals surface area contributed by atoms with Gasteiger partial charge in [-0.1, -0.05) is 44.7 Å². The minimum absolute atomic E-state index is 0.101. The summed E-state index contributed by atoms with van der Waals surface area (Å²) in [4.78, 5) is 22.5. The van der Waals surface area contributed by atoms with E-state index < -0.39 is 4.92 Å². The molecule has 0 atom stereocenters. The van der Waals surface area contributed by atoms with Crippen molar-refractivity contribution in [1.82, 2.24) is 5.32 Å². The number of carbonyl (C=O) groups is 1. The third-order valence-electron chi connectivity index (χ3n) is 3.23. The van der Waals surface area contributed by atoms with Crippen LogP contribution in [0.2, 0.25) is 0 Å². The minimum Gasteiger partial charge on any atom is -0.352 e. The van der Waals surface area contributed by atoms with Gasteiger partial charge in [0.2, 0.25) is 0 Å². The average Bonchev–Trinajstić information content (AvgIpc) is 2.41. The molecule has 0 bridgehead atoms. The van der Waals surface area contributed by atoms with E-state index in [0.717, 1.165) is 19.3 Å². The molecule has 5 heteroatoms. The van der Waals surface area contributed by atoms with Crippen molar-refractivity contribution in [3.63, 3.8) is 0 Å². The second-order valence-electron chi connectivity index (χ2n) is 4.90. The van der Waals surface area contributed by atoms with Crippen LogP contribution in [0.4, 0.5) is 5.69 Å². The fraction of sp³-hybridized carbons (Fsp3) is 0.533. The first kappa shape index (κ1) is 16.1. The van der Waals surface area contributed by atoms with Crippen molar-refractivity contribution in [2.24, 2.45) is 0 Å². The summed E-state index contributed by atoms with van der Waals surface area (Å²) in [6.45, 7) is 4.35. The molecule has 0 aliphatic rings. The number of hydrogen-bond donors (Lipinski definition) is 1. The van der Waals surface area contributed by atoms with E-state index in [1.165, 1.54) is 18.9 Å². The second-order valence-corrected chi connectivity index (χ2v) is 4.90. The Hall–Kier alpha value is -1.91. The number of carbonyl (C=O) groups excluding carboxylic acids is 1. The number of hydrogen-bond acceptors (Lipinski definition) is 3. The maximum atomic E-state index is 12.0. The van der Waals surface area contributed by atoms with E-state index in [2.05, 4.69) is 12.2 Å². The van der Waals surface area contributed by atoms with Crippen molar-refractivity contribution in [3.05, 3.63) is 39.4 Å². The Morgan fingerprint density at radius 3 is 2.60 bits per heavy atom. The van der Waals surface area contributed by atoms with Crippen molar-refractivity contribution in [2.75, 3.05) is 6.54 Å². The molecule has 0 spiro atoms. The minimum atomic E-state index is -0.495. The monoisotopic (exact) mass is 278 g/mol. The molecule has 0 aliphatic heterocycles. The van der Waals surface area contributed by atoms with Crippen LogP contribution >= 0.6 is 0 Å². The number of amides is 1. The smallest absolute Gasteiger partial charge is 0.285 e. The normalized spacial score (nSPS) is 10.3. The molecule has 1 N–H and O–H groups in total. The summed E-state index contributed by atoms with van der Waals surface area (Å²) in [5, 5.41) is 13.8. The second kappa shape index (κ2) is 8.30. The number of benzene rings is 1. The zero-order valence-electron chi connectivity index (χ0n) is 12.1. The summed E-state index contributed by atoms with van der Waals surface area (Å²) in [6, 6.07) is 4.80. The molecule has 5 nitrogen and oxygen atoms in total. The van der Waals surface area contributed by atoms with E-state index in [-0.39, 0.29) is 17.2 Å². The Kier molecular flexibility index (Phi) is 6.70. The fourth-order valence-corrected chi connectivity index (χ4v) is 2.11. The van der Waals surface area contributed by atoms with Gasteiger partial charge in [-0.05, 0) is 19.4 Å². The van der Waals surface area contributed by atoms with Gasteiger partial charge in [0, 0.05) is 12.1 Å². The van der Waals surface area contributed by atoms with E-state index in [9.17, 15) is 14.9 Å². The van der Waals surface area contributed by atoms with E-state index in [1.807, 2.05) is 0 Å². The van der Waals surface area contributed by atoms with Crippen molar-refractivity contribution in [3.8, 4) is 0 Å². The number of nitrogens with one attached hydrogen (secondary N) is 1. The third kappa shape index (κ3) is 4.64. The van der Waals surface area contributed by atoms with Crippen LogP contribution < -0.4 is 5.32 Å². The molecular formula is C15H22N2O3. The molecular weight excluding hydrogens is 256 g/mol. The van der Waals surface area contributed by atoms with Gasteiger partial charge in [0.25, 0.3) is 11.6 Å². The first-order valence-electron chi connectivity index (χ1n) is 7.10. The summed E-state index contributed by atoms with van der Waals surface area (Å²) >= 11 is 0. The lowest BCUT2D eigenvalue weighted by atomic mass is 10.1. The number of unbranched alkanes of at least 4 members (excludes halogenated alkanes) is 4. The highest BCUT2D eigenvalue weighted by molar-refractivity contribution is 5.98. The number of nitro benzene ring substituents is 1. The first-order chi connectivity index (χ1) is 9.57. The summed E-state index contributed by atoms with van der Waals surface area (Å²) in [5.41, 5.74) is 0.546. The number of aryl methyl sites for hydroxylation is 1. The van der Waals surface area contributed by atoms with Gasteiger partial charge in [0.1, 0.15) is 5.56 Å². The van der Waals surface area contributed by atoms with E-state index in [1.54, 1.807) is 19.1 Å². The number of rotatable bonds is 8. The topological polar surface area (TPSA) is 72.2 Å². The van der Waals surface area contributed by atoms with Gasteiger partial charge in [0.15, 0.2) is 0 Å². The van der Waals surface area contributed by atoms with Crippen LogP contribution in [0, 0.1) is 17.0 Å².